The second-order valence-corrected chi connectivity index (χ2v) is 3.37. The normalized spacial score (nSPS) is 10.2. The molecule has 0 bridgehead atoms. The minimum Gasteiger partial charge on any atom is -0.384 e. The van der Waals surface area contributed by atoms with Gasteiger partial charge in [0.05, 0.1) is 0 Å². The zero-order valence-electron chi connectivity index (χ0n) is 8.87. The molecule has 0 aliphatic heterocycles. The van der Waals surface area contributed by atoms with Crippen molar-refractivity contribution < 1.29 is 0 Å². The number of nitrogens with two attached hydrogens (primary N) is 1. The van der Waals surface area contributed by atoms with E-state index in [2.05, 4.69) is 21.8 Å². The highest BCUT2D eigenvalue weighted by molar-refractivity contribution is 5.52. The van der Waals surface area contributed by atoms with Crippen molar-refractivity contribution in [2.75, 3.05) is 5.73 Å². The summed E-state index contributed by atoms with van der Waals surface area (Å²) < 4.78 is 1.93. The highest BCUT2D eigenvalue weighted by Gasteiger charge is 2.07. The Morgan fingerprint density at radius 1 is 1.44 bits per heavy atom. The summed E-state index contributed by atoms with van der Waals surface area (Å²) in [6.45, 7) is 4.48. The number of rotatable bonds is 4. The van der Waals surface area contributed by atoms with Gasteiger partial charge in [0.2, 0.25) is 0 Å². The predicted octanol–water partition coefficient (Wildman–Crippen LogP) is 1.50. The number of pyridine rings is 1. The van der Waals surface area contributed by atoms with E-state index in [1.165, 1.54) is 0 Å². The molecule has 5 nitrogen and oxygen atoms in total. The molecule has 0 fully saturated rings. The Morgan fingerprint density at radius 2 is 2.31 bits per heavy atom. The minimum atomic E-state index is 0.482. The summed E-state index contributed by atoms with van der Waals surface area (Å²) >= 11 is 0. The molecule has 2 heterocycles. The second kappa shape index (κ2) is 4.57. The lowest BCUT2D eigenvalue weighted by molar-refractivity contribution is 0.713. The fourth-order valence-corrected chi connectivity index (χ4v) is 1.42. The van der Waals surface area contributed by atoms with Crippen molar-refractivity contribution in [2.45, 2.75) is 13.0 Å². The first-order valence-electron chi connectivity index (χ1n) is 5.03. The molecule has 2 rings (SSSR count). The Labute approximate surface area is 93.6 Å². The van der Waals surface area contributed by atoms with Crippen LogP contribution in [0, 0.1) is 0 Å². The number of hydrogen-bond acceptors (Lipinski definition) is 4. The van der Waals surface area contributed by atoms with E-state index in [0.717, 1.165) is 24.5 Å². The van der Waals surface area contributed by atoms with Crippen molar-refractivity contribution in [1.29, 1.82) is 0 Å². The van der Waals surface area contributed by atoms with Crippen molar-refractivity contribution >= 4 is 5.82 Å². The van der Waals surface area contributed by atoms with Crippen molar-refractivity contribution in [2.24, 2.45) is 0 Å². The third kappa shape index (κ3) is 2.08. The molecule has 0 unspecified atom stereocenters. The standard InChI is InChI=1S/C11H13N5/c1-2-3-7-16-8-13-15-11(16)9-5-4-6-10(12)14-9/h2,4-6,8H,1,3,7H2,(H2,12,14). The van der Waals surface area contributed by atoms with Crippen LogP contribution in [-0.4, -0.2) is 19.7 Å². The topological polar surface area (TPSA) is 69.6 Å². The molecule has 0 radical (unpaired) electrons. The number of aromatic nitrogens is 4. The average molecular weight is 215 g/mol. The summed E-state index contributed by atoms with van der Waals surface area (Å²) in [5, 5.41) is 7.92. The maximum Gasteiger partial charge on any atom is 0.182 e. The van der Waals surface area contributed by atoms with Crippen LogP contribution in [0.5, 0.6) is 0 Å². The first-order chi connectivity index (χ1) is 7.81. The summed E-state index contributed by atoms with van der Waals surface area (Å²) in [6, 6.07) is 5.46. The van der Waals surface area contributed by atoms with Gasteiger partial charge < -0.3 is 10.3 Å². The van der Waals surface area contributed by atoms with Gasteiger partial charge >= 0.3 is 0 Å². The van der Waals surface area contributed by atoms with Gasteiger partial charge in [-0.15, -0.1) is 16.8 Å². The lowest BCUT2D eigenvalue weighted by Crippen LogP contribution is -2.01. The van der Waals surface area contributed by atoms with Gasteiger partial charge in [-0.3, -0.25) is 0 Å². The summed E-state index contributed by atoms with van der Waals surface area (Å²) in [6.07, 6.45) is 4.41. The fourth-order valence-electron chi connectivity index (χ4n) is 1.42. The molecule has 0 atom stereocenters. The third-order valence-electron chi connectivity index (χ3n) is 2.19. The summed E-state index contributed by atoms with van der Waals surface area (Å²) in [5.74, 6) is 1.21. The largest absolute Gasteiger partial charge is 0.384 e. The maximum atomic E-state index is 5.63. The van der Waals surface area contributed by atoms with Gasteiger partial charge in [0, 0.05) is 6.54 Å². The first kappa shape index (κ1) is 10.4. The van der Waals surface area contributed by atoms with Crippen LogP contribution in [0.4, 0.5) is 5.82 Å². The van der Waals surface area contributed by atoms with Crippen molar-refractivity contribution in [3.8, 4) is 11.5 Å². The predicted molar refractivity (Wildman–Crippen MR) is 62.5 cm³/mol. The van der Waals surface area contributed by atoms with Crippen LogP contribution in [0.1, 0.15) is 6.42 Å². The van der Waals surface area contributed by atoms with E-state index in [0.29, 0.717) is 5.82 Å². The zero-order chi connectivity index (χ0) is 11.4. The van der Waals surface area contributed by atoms with Crippen molar-refractivity contribution in [3.05, 3.63) is 37.2 Å². The van der Waals surface area contributed by atoms with Gasteiger partial charge in [0.1, 0.15) is 17.8 Å². The smallest absolute Gasteiger partial charge is 0.182 e. The van der Waals surface area contributed by atoms with Crippen molar-refractivity contribution in [1.82, 2.24) is 19.7 Å². The minimum absolute atomic E-state index is 0.482. The van der Waals surface area contributed by atoms with Gasteiger partial charge in [0.25, 0.3) is 0 Å². The molecule has 0 aliphatic rings. The van der Waals surface area contributed by atoms with Gasteiger partial charge in [-0.2, -0.15) is 0 Å². The molecule has 16 heavy (non-hydrogen) atoms. The van der Waals surface area contributed by atoms with Crippen molar-refractivity contribution in [3.63, 3.8) is 0 Å². The second-order valence-electron chi connectivity index (χ2n) is 3.37. The third-order valence-corrected chi connectivity index (χ3v) is 2.19. The fraction of sp³-hybridized carbons (Fsp3) is 0.182. The average Bonchev–Trinajstić information content (AvgIpc) is 2.74. The summed E-state index contributed by atoms with van der Waals surface area (Å²) in [7, 11) is 0. The van der Waals surface area contributed by atoms with E-state index in [4.69, 9.17) is 5.73 Å². The van der Waals surface area contributed by atoms with Gasteiger partial charge in [-0.25, -0.2) is 4.98 Å². The number of nitrogens with zero attached hydrogens (tertiary/aromatic N) is 4. The molecule has 2 N–H and O–H groups in total. The lowest BCUT2D eigenvalue weighted by Gasteiger charge is -2.04. The van der Waals surface area contributed by atoms with Crippen LogP contribution in [0.15, 0.2) is 37.2 Å². The van der Waals surface area contributed by atoms with E-state index < -0.39 is 0 Å². The van der Waals surface area contributed by atoms with Crippen LogP contribution in [0.2, 0.25) is 0 Å². The van der Waals surface area contributed by atoms with Gasteiger partial charge in [0.15, 0.2) is 5.82 Å². The van der Waals surface area contributed by atoms with E-state index >= 15 is 0 Å². The zero-order valence-corrected chi connectivity index (χ0v) is 8.87. The van der Waals surface area contributed by atoms with Crippen LogP contribution < -0.4 is 5.73 Å². The molecule has 5 heteroatoms. The van der Waals surface area contributed by atoms with Crippen LogP contribution in [0.3, 0.4) is 0 Å². The van der Waals surface area contributed by atoms with Crippen LogP contribution in [0.25, 0.3) is 11.5 Å². The first-order valence-corrected chi connectivity index (χ1v) is 5.03. The number of aryl methyl sites for hydroxylation is 1. The van der Waals surface area contributed by atoms with Crippen LogP contribution in [-0.2, 0) is 6.54 Å². The van der Waals surface area contributed by atoms with Gasteiger partial charge in [-0.05, 0) is 18.6 Å². The molecular weight excluding hydrogens is 202 g/mol. The Kier molecular flexibility index (Phi) is 2.95. The quantitative estimate of drug-likeness (QED) is 0.784. The highest BCUT2D eigenvalue weighted by atomic mass is 15.3. The molecule has 0 aromatic carbocycles. The molecule has 0 saturated heterocycles. The highest BCUT2D eigenvalue weighted by Crippen LogP contribution is 2.15. The number of hydrogen-bond donors (Lipinski definition) is 1. The SMILES string of the molecule is C=CCCn1cnnc1-c1cccc(N)n1. The Morgan fingerprint density at radius 3 is 3.06 bits per heavy atom. The number of anilines is 1. The van der Waals surface area contributed by atoms with E-state index in [-0.39, 0.29) is 0 Å². The Hall–Kier alpha value is -2.17. The molecule has 2 aromatic heterocycles. The molecule has 2 aromatic rings. The lowest BCUT2D eigenvalue weighted by atomic mass is 10.3. The number of allylic oxidation sites excluding steroid dienone is 1. The molecule has 0 amide bonds. The molecular formula is C11H13N5. The maximum absolute atomic E-state index is 5.63. The monoisotopic (exact) mass is 215 g/mol. The van der Waals surface area contributed by atoms with E-state index in [1.54, 1.807) is 12.4 Å². The molecule has 0 aliphatic carbocycles. The van der Waals surface area contributed by atoms with E-state index in [9.17, 15) is 0 Å². The molecule has 82 valence electrons. The molecule has 0 saturated carbocycles. The summed E-state index contributed by atoms with van der Waals surface area (Å²) in [5.41, 5.74) is 6.37. The number of nitrogen functional groups attached to an aromatic ring is 1. The van der Waals surface area contributed by atoms with E-state index in [1.807, 2.05) is 22.8 Å². The molecule has 0 spiro atoms. The Bertz CT molecular complexity index is 489. The Balaban J connectivity index is 2.32. The summed E-state index contributed by atoms with van der Waals surface area (Å²) in [4.78, 5) is 4.21. The van der Waals surface area contributed by atoms with Gasteiger partial charge in [-0.1, -0.05) is 12.1 Å². The van der Waals surface area contributed by atoms with Crippen LogP contribution >= 0.6 is 0 Å².